The third-order valence-corrected chi connectivity index (χ3v) is 8.26. The molecule has 0 radical (unpaired) electrons. The van der Waals surface area contributed by atoms with Gasteiger partial charge in [0, 0.05) is 28.6 Å². The summed E-state index contributed by atoms with van der Waals surface area (Å²) < 4.78 is 31.8. The molecule has 1 aliphatic heterocycles. The molecule has 170 valence electrons. The van der Waals surface area contributed by atoms with E-state index in [1.807, 2.05) is 42.5 Å². The molecule has 2 aromatic carbocycles. The highest BCUT2D eigenvalue weighted by Gasteiger charge is 2.24. The SMILES string of the molecule is CCS(=O)(=O)c1cc(-c2ccc([C@@H](C)N3CCCCC3)[nH]2)c(OC)cc1-c1ccccc1. The molecule has 4 rings (SSSR count). The first-order chi connectivity index (χ1) is 15.4. The van der Waals surface area contributed by atoms with Crippen molar-refractivity contribution < 1.29 is 13.2 Å². The Morgan fingerprint density at radius 1 is 1.00 bits per heavy atom. The van der Waals surface area contributed by atoms with Crippen LogP contribution in [-0.4, -0.2) is 44.3 Å². The molecule has 3 aromatic rings. The van der Waals surface area contributed by atoms with Crippen LogP contribution in [0.5, 0.6) is 5.75 Å². The number of methoxy groups -OCH3 is 1. The third-order valence-electron chi connectivity index (χ3n) is 6.49. The van der Waals surface area contributed by atoms with Gasteiger partial charge in [-0.05, 0) is 62.7 Å². The second-order valence-electron chi connectivity index (χ2n) is 8.42. The van der Waals surface area contributed by atoms with Crippen molar-refractivity contribution >= 4 is 9.84 Å². The lowest BCUT2D eigenvalue weighted by atomic mass is 10.0. The van der Waals surface area contributed by atoms with Crippen molar-refractivity contribution in [3.8, 4) is 28.1 Å². The Morgan fingerprint density at radius 3 is 2.38 bits per heavy atom. The molecule has 0 bridgehead atoms. The monoisotopic (exact) mass is 452 g/mol. The number of likely N-dealkylation sites (tertiary alicyclic amines) is 1. The van der Waals surface area contributed by atoms with Crippen LogP contribution in [0.25, 0.3) is 22.4 Å². The molecular formula is C26H32N2O3S. The van der Waals surface area contributed by atoms with Gasteiger partial charge in [-0.15, -0.1) is 0 Å². The van der Waals surface area contributed by atoms with E-state index in [0.717, 1.165) is 35.6 Å². The van der Waals surface area contributed by atoms with Gasteiger partial charge >= 0.3 is 0 Å². The maximum atomic E-state index is 13.0. The van der Waals surface area contributed by atoms with E-state index in [9.17, 15) is 8.42 Å². The van der Waals surface area contributed by atoms with Gasteiger partial charge in [-0.2, -0.15) is 0 Å². The van der Waals surface area contributed by atoms with Gasteiger partial charge in [0.2, 0.25) is 0 Å². The van der Waals surface area contributed by atoms with Crippen LogP contribution in [0.15, 0.2) is 59.5 Å². The van der Waals surface area contributed by atoms with Crippen molar-refractivity contribution in [2.75, 3.05) is 26.0 Å². The maximum Gasteiger partial charge on any atom is 0.178 e. The van der Waals surface area contributed by atoms with Crippen molar-refractivity contribution in [3.05, 3.63) is 60.3 Å². The Bertz CT molecular complexity index is 1160. The highest BCUT2D eigenvalue weighted by molar-refractivity contribution is 7.91. The average molecular weight is 453 g/mol. The number of hydrogen-bond acceptors (Lipinski definition) is 4. The van der Waals surface area contributed by atoms with E-state index in [1.54, 1.807) is 20.1 Å². The number of ether oxygens (including phenoxy) is 1. The van der Waals surface area contributed by atoms with Gasteiger partial charge in [-0.25, -0.2) is 8.42 Å². The largest absolute Gasteiger partial charge is 0.496 e. The number of piperidine rings is 1. The average Bonchev–Trinajstić information content (AvgIpc) is 3.34. The Hall–Kier alpha value is -2.57. The van der Waals surface area contributed by atoms with Gasteiger partial charge in [-0.1, -0.05) is 43.7 Å². The molecule has 2 heterocycles. The van der Waals surface area contributed by atoms with Gasteiger partial charge in [0.25, 0.3) is 0 Å². The lowest BCUT2D eigenvalue weighted by molar-refractivity contribution is 0.172. The van der Waals surface area contributed by atoms with E-state index < -0.39 is 9.84 Å². The van der Waals surface area contributed by atoms with E-state index in [0.29, 0.717) is 16.2 Å². The van der Waals surface area contributed by atoms with Crippen LogP contribution >= 0.6 is 0 Å². The quantitative estimate of drug-likeness (QED) is 0.500. The number of sulfone groups is 1. The first-order valence-corrected chi connectivity index (χ1v) is 13.0. The standard InChI is InChI=1S/C26H32N2O3S/c1-4-32(29,30)26-18-22(25(31-3)17-21(26)20-11-7-5-8-12-20)24-14-13-23(27-24)19(2)28-15-9-6-10-16-28/h5,7-8,11-14,17-19,27H,4,6,9-10,15-16H2,1-3H3/t19-/m1/s1. The predicted octanol–water partition coefficient (Wildman–Crippen LogP) is 5.70. The summed E-state index contributed by atoms with van der Waals surface area (Å²) in [5, 5.41) is 0. The van der Waals surface area contributed by atoms with E-state index in [1.165, 1.54) is 19.3 Å². The summed E-state index contributed by atoms with van der Waals surface area (Å²) in [6.45, 7) is 6.14. The zero-order valence-corrected chi connectivity index (χ0v) is 19.9. The van der Waals surface area contributed by atoms with E-state index in [2.05, 4.69) is 22.9 Å². The number of nitrogens with one attached hydrogen (secondary N) is 1. The summed E-state index contributed by atoms with van der Waals surface area (Å²) in [5.41, 5.74) is 4.29. The molecule has 1 aromatic heterocycles. The highest BCUT2D eigenvalue weighted by atomic mass is 32.2. The van der Waals surface area contributed by atoms with Crippen LogP contribution in [0, 0.1) is 0 Å². The molecule has 0 aliphatic carbocycles. The molecule has 0 amide bonds. The fourth-order valence-electron chi connectivity index (χ4n) is 4.51. The first-order valence-electron chi connectivity index (χ1n) is 11.4. The van der Waals surface area contributed by atoms with Crippen LogP contribution in [-0.2, 0) is 9.84 Å². The molecular weight excluding hydrogens is 420 g/mol. The molecule has 1 aliphatic rings. The number of H-pyrrole nitrogens is 1. The summed E-state index contributed by atoms with van der Waals surface area (Å²) in [6.07, 6.45) is 3.79. The van der Waals surface area contributed by atoms with Gasteiger partial charge < -0.3 is 9.72 Å². The van der Waals surface area contributed by atoms with Crippen molar-refractivity contribution in [3.63, 3.8) is 0 Å². The van der Waals surface area contributed by atoms with Crippen molar-refractivity contribution in [1.82, 2.24) is 9.88 Å². The number of rotatable bonds is 7. The van der Waals surface area contributed by atoms with Crippen LogP contribution in [0.1, 0.15) is 44.8 Å². The predicted molar refractivity (Wildman–Crippen MR) is 130 cm³/mol. The molecule has 1 saturated heterocycles. The second-order valence-corrected chi connectivity index (χ2v) is 10.7. The van der Waals surface area contributed by atoms with Crippen molar-refractivity contribution in [2.45, 2.75) is 44.0 Å². The number of hydrogen-bond donors (Lipinski definition) is 1. The van der Waals surface area contributed by atoms with Gasteiger partial charge in [-0.3, -0.25) is 4.90 Å². The second kappa shape index (κ2) is 9.51. The Morgan fingerprint density at radius 2 is 1.72 bits per heavy atom. The minimum Gasteiger partial charge on any atom is -0.496 e. The zero-order valence-electron chi connectivity index (χ0n) is 19.1. The lowest BCUT2D eigenvalue weighted by Crippen LogP contribution is -2.32. The fraction of sp³-hybridized carbons (Fsp3) is 0.385. The van der Waals surface area contributed by atoms with E-state index in [-0.39, 0.29) is 11.8 Å². The Labute approximate surface area is 191 Å². The van der Waals surface area contributed by atoms with Gasteiger partial charge in [0.15, 0.2) is 9.84 Å². The smallest absolute Gasteiger partial charge is 0.178 e. The minimum absolute atomic E-state index is 0.0422. The molecule has 0 saturated carbocycles. The lowest BCUT2D eigenvalue weighted by Gasteiger charge is -2.31. The van der Waals surface area contributed by atoms with Crippen LogP contribution in [0.3, 0.4) is 0 Å². The molecule has 5 nitrogen and oxygen atoms in total. The topological polar surface area (TPSA) is 62.4 Å². The Kier molecular flexibility index (Phi) is 6.72. The Balaban J connectivity index is 1.79. The molecule has 0 spiro atoms. The van der Waals surface area contributed by atoms with Gasteiger partial charge in [0.05, 0.1) is 17.8 Å². The zero-order chi connectivity index (χ0) is 22.7. The van der Waals surface area contributed by atoms with E-state index in [4.69, 9.17) is 4.74 Å². The normalized spacial score (nSPS) is 16.1. The summed E-state index contributed by atoms with van der Waals surface area (Å²) >= 11 is 0. The molecule has 1 fully saturated rings. The molecule has 1 N–H and O–H groups in total. The fourth-order valence-corrected chi connectivity index (χ4v) is 5.63. The molecule has 1 atom stereocenters. The third kappa shape index (κ3) is 4.48. The maximum absolute atomic E-state index is 13.0. The van der Waals surface area contributed by atoms with Crippen LogP contribution in [0.4, 0.5) is 0 Å². The highest BCUT2D eigenvalue weighted by Crippen LogP contribution is 2.39. The van der Waals surface area contributed by atoms with Crippen LogP contribution < -0.4 is 4.74 Å². The number of aromatic amines is 1. The van der Waals surface area contributed by atoms with E-state index >= 15 is 0 Å². The minimum atomic E-state index is -3.44. The number of aromatic nitrogens is 1. The summed E-state index contributed by atoms with van der Waals surface area (Å²) in [6, 6.07) is 17.6. The summed E-state index contributed by atoms with van der Waals surface area (Å²) in [4.78, 5) is 6.38. The molecule has 0 unspecified atom stereocenters. The van der Waals surface area contributed by atoms with Crippen molar-refractivity contribution in [1.29, 1.82) is 0 Å². The number of benzene rings is 2. The molecule has 6 heteroatoms. The summed E-state index contributed by atoms with van der Waals surface area (Å²) in [7, 11) is -1.81. The summed E-state index contributed by atoms with van der Waals surface area (Å²) in [5.74, 6) is 0.693. The van der Waals surface area contributed by atoms with Crippen molar-refractivity contribution in [2.24, 2.45) is 0 Å². The van der Waals surface area contributed by atoms with Gasteiger partial charge in [0.1, 0.15) is 5.75 Å². The van der Waals surface area contributed by atoms with Crippen LogP contribution in [0.2, 0.25) is 0 Å². The first kappa shape index (κ1) is 22.6. The number of nitrogens with zero attached hydrogens (tertiary/aromatic N) is 1. The molecule has 32 heavy (non-hydrogen) atoms.